The lowest BCUT2D eigenvalue weighted by atomic mass is 9.82. The van der Waals surface area contributed by atoms with Crippen LogP contribution in [-0.4, -0.2) is 11.5 Å². The molecule has 1 fully saturated rings. The minimum Gasteiger partial charge on any atom is -0.361 e. The molecule has 1 heterocycles. The van der Waals surface area contributed by atoms with Gasteiger partial charge in [0.2, 0.25) is 0 Å². The topological polar surface area (TPSA) is 48.7 Å². The maximum Gasteiger partial charge on any atom is 0.185 e. The first-order valence-corrected chi connectivity index (χ1v) is 7.18. The van der Waals surface area contributed by atoms with Crippen molar-refractivity contribution in [3.63, 3.8) is 0 Å². The number of hydrogen-bond donors (Lipinski definition) is 1. The lowest BCUT2D eigenvalue weighted by Gasteiger charge is -2.26. The third-order valence-corrected chi connectivity index (χ3v) is 4.58. The van der Waals surface area contributed by atoms with Crippen LogP contribution in [0.1, 0.15) is 37.5 Å². The van der Waals surface area contributed by atoms with Crippen molar-refractivity contribution in [3.8, 4) is 6.07 Å². The first-order valence-electron chi connectivity index (χ1n) is 5.99. The van der Waals surface area contributed by atoms with E-state index in [9.17, 15) is 0 Å². The molecule has 0 saturated heterocycles. The van der Waals surface area contributed by atoms with Crippen LogP contribution in [0.25, 0.3) is 0 Å². The molecule has 1 saturated carbocycles. The van der Waals surface area contributed by atoms with Gasteiger partial charge in [-0.15, -0.1) is 0 Å². The van der Waals surface area contributed by atoms with Gasteiger partial charge in [-0.1, -0.05) is 42.7 Å². The minimum atomic E-state index is 0.317. The molecule has 2 atom stereocenters. The summed E-state index contributed by atoms with van der Waals surface area (Å²) >= 11 is 7.16. The summed E-state index contributed by atoms with van der Waals surface area (Å²) in [6.45, 7) is 3.26. The second kappa shape index (κ2) is 5.70. The van der Waals surface area contributed by atoms with Gasteiger partial charge >= 0.3 is 0 Å². The smallest absolute Gasteiger partial charge is 0.185 e. The number of thiazole rings is 1. The first kappa shape index (κ1) is 12.7. The molecule has 1 aliphatic rings. The van der Waals surface area contributed by atoms with Gasteiger partial charge in [-0.25, -0.2) is 4.98 Å². The molecule has 5 heteroatoms. The van der Waals surface area contributed by atoms with Gasteiger partial charge < -0.3 is 5.32 Å². The molecule has 1 aromatic rings. The van der Waals surface area contributed by atoms with Crippen molar-refractivity contribution in [3.05, 3.63) is 10.0 Å². The molecule has 0 bridgehead atoms. The Balaban J connectivity index is 1.87. The van der Waals surface area contributed by atoms with Crippen LogP contribution in [0.15, 0.2) is 0 Å². The summed E-state index contributed by atoms with van der Waals surface area (Å²) < 4.78 is 0. The van der Waals surface area contributed by atoms with Gasteiger partial charge in [-0.05, 0) is 24.7 Å². The predicted octanol–water partition coefficient (Wildman–Crippen LogP) is 3.91. The van der Waals surface area contributed by atoms with Crippen molar-refractivity contribution in [1.82, 2.24) is 4.98 Å². The van der Waals surface area contributed by atoms with Gasteiger partial charge in [0.25, 0.3) is 0 Å². The number of aromatic nitrogens is 1. The Bertz CT molecular complexity index is 424. The van der Waals surface area contributed by atoms with Gasteiger partial charge in [0.1, 0.15) is 10.9 Å². The third kappa shape index (κ3) is 3.34. The number of hydrogen-bond acceptors (Lipinski definition) is 4. The summed E-state index contributed by atoms with van der Waals surface area (Å²) in [5, 5.41) is 13.2. The zero-order valence-electron chi connectivity index (χ0n) is 9.87. The van der Waals surface area contributed by atoms with Crippen LogP contribution in [-0.2, 0) is 0 Å². The summed E-state index contributed by atoms with van der Waals surface area (Å²) in [6, 6.07) is 2.04. The van der Waals surface area contributed by atoms with E-state index in [-0.39, 0.29) is 0 Å². The number of halogens is 1. The highest BCUT2D eigenvalue weighted by Gasteiger charge is 2.19. The molecule has 3 nitrogen and oxygen atoms in total. The quantitative estimate of drug-likeness (QED) is 0.905. The number of nitrogens with one attached hydrogen (secondary N) is 1. The summed E-state index contributed by atoms with van der Waals surface area (Å²) in [5.74, 6) is 1.57. The Hall–Kier alpha value is -0.790. The maximum atomic E-state index is 8.79. The van der Waals surface area contributed by atoms with Crippen molar-refractivity contribution < 1.29 is 0 Å². The number of rotatable bonds is 3. The SMILES string of the molecule is CC1CCCC(CNc2nc(Cl)c(C#N)s2)C1. The van der Waals surface area contributed by atoms with Crippen LogP contribution < -0.4 is 5.32 Å². The Morgan fingerprint density at radius 2 is 2.41 bits per heavy atom. The van der Waals surface area contributed by atoms with Crippen molar-refractivity contribution in [2.75, 3.05) is 11.9 Å². The van der Waals surface area contributed by atoms with Crippen LogP contribution in [0.2, 0.25) is 5.15 Å². The normalized spacial score (nSPS) is 24.3. The zero-order valence-corrected chi connectivity index (χ0v) is 11.4. The van der Waals surface area contributed by atoms with Crippen molar-refractivity contribution in [2.45, 2.75) is 32.6 Å². The minimum absolute atomic E-state index is 0.317. The molecule has 0 spiro atoms. The Kier molecular flexibility index (Phi) is 4.25. The molecular weight excluding hydrogens is 254 g/mol. The molecule has 0 aromatic carbocycles. The van der Waals surface area contributed by atoms with E-state index in [1.807, 2.05) is 6.07 Å². The van der Waals surface area contributed by atoms with E-state index < -0.39 is 0 Å². The molecule has 1 aliphatic carbocycles. The molecule has 2 unspecified atom stereocenters. The van der Waals surface area contributed by atoms with Gasteiger partial charge in [0.15, 0.2) is 10.3 Å². The average Bonchev–Trinajstić information content (AvgIpc) is 2.67. The molecule has 0 aliphatic heterocycles. The first-order chi connectivity index (χ1) is 8.19. The predicted molar refractivity (Wildman–Crippen MR) is 71.5 cm³/mol. The fraction of sp³-hybridized carbons (Fsp3) is 0.667. The monoisotopic (exact) mass is 269 g/mol. The highest BCUT2D eigenvalue weighted by Crippen LogP contribution is 2.30. The van der Waals surface area contributed by atoms with Gasteiger partial charge in [-0.3, -0.25) is 0 Å². The molecular formula is C12H16ClN3S. The van der Waals surface area contributed by atoms with Crippen LogP contribution in [0, 0.1) is 23.2 Å². The lowest BCUT2D eigenvalue weighted by molar-refractivity contribution is 0.293. The van der Waals surface area contributed by atoms with E-state index in [1.165, 1.54) is 37.0 Å². The molecule has 92 valence electrons. The van der Waals surface area contributed by atoms with E-state index in [0.717, 1.165) is 23.5 Å². The molecule has 17 heavy (non-hydrogen) atoms. The van der Waals surface area contributed by atoms with Crippen LogP contribution in [0.3, 0.4) is 0 Å². The molecule has 1 aromatic heterocycles. The maximum absolute atomic E-state index is 8.79. The Labute approximate surface area is 111 Å². The Morgan fingerprint density at radius 3 is 3.06 bits per heavy atom. The number of nitriles is 1. The van der Waals surface area contributed by atoms with Crippen LogP contribution in [0.4, 0.5) is 5.13 Å². The van der Waals surface area contributed by atoms with E-state index in [0.29, 0.717) is 10.0 Å². The highest BCUT2D eigenvalue weighted by molar-refractivity contribution is 7.16. The van der Waals surface area contributed by atoms with Gasteiger partial charge in [0.05, 0.1) is 0 Å². The summed E-state index contributed by atoms with van der Waals surface area (Å²) in [5.41, 5.74) is 0. The second-order valence-electron chi connectivity index (χ2n) is 4.77. The van der Waals surface area contributed by atoms with E-state index in [1.54, 1.807) is 0 Å². The third-order valence-electron chi connectivity index (χ3n) is 3.27. The lowest BCUT2D eigenvalue weighted by Crippen LogP contribution is -2.20. The second-order valence-corrected chi connectivity index (χ2v) is 6.13. The standard InChI is InChI=1S/C12H16ClN3S/c1-8-3-2-4-9(5-8)7-15-12-16-11(13)10(6-14)17-12/h8-9H,2-5,7H2,1H3,(H,15,16). The molecule has 1 N–H and O–H groups in total. The molecule has 0 amide bonds. The van der Waals surface area contributed by atoms with Crippen LogP contribution >= 0.6 is 22.9 Å². The average molecular weight is 270 g/mol. The number of nitrogens with zero attached hydrogens (tertiary/aromatic N) is 2. The fourth-order valence-corrected chi connectivity index (χ4v) is 3.38. The van der Waals surface area contributed by atoms with Crippen molar-refractivity contribution in [2.24, 2.45) is 11.8 Å². The number of anilines is 1. The summed E-state index contributed by atoms with van der Waals surface area (Å²) in [7, 11) is 0. The molecule has 0 radical (unpaired) electrons. The fourth-order valence-electron chi connectivity index (χ4n) is 2.42. The highest BCUT2D eigenvalue weighted by atomic mass is 35.5. The van der Waals surface area contributed by atoms with E-state index in [4.69, 9.17) is 16.9 Å². The largest absolute Gasteiger partial charge is 0.361 e. The van der Waals surface area contributed by atoms with Crippen LogP contribution in [0.5, 0.6) is 0 Å². The van der Waals surface area contributed by atoms with E-state index >= 15 is 0 Å². The van der Waals surface area contributed by atoms with Crippen molar-refractivity contribution in [1.29, 1.82) is 5.26 Å². The van der Waals surface area contributed by atoms with E-state index in [2.05, 4.69) is 17.2 Å². The zero-order chi connectivity index (χ0) is 12.3. The van der Waals surface area contributed by atoms with Gasteiger partial charge in [-0.2, -0.15) is 5.26 Å². The Morgan fingerprint density at radius 1 is 1.59 bits per heavy atom. The van der Waals surface area contributed by atoms with Crippen molar-refractivity contribution >= 4 is 28.1 Å². The summed E-state index contributed by atoms with van der Waals surface area (Å²) in [6.07, 6.45) is 5.27. The molecule has 2 rings (SSSR count). The van der Waals surface area contributed by atoms with Gasteiger partial charge in [0, 0.05) is 6.54 Å². The summed E-state index contributed by atoms with van der Waals surface area (Å²) in [4.78, 5) is 4.63.